The average Bonchev–Trinajstić information content (AvgIpc) is 2.97. The highest BCUT2D eigenvalue weighted by Crippen LogP contribution is 2.34. The van der Waals surface area contributed by atoms with E-state index in [0.29, 0.717) is 12.6 Å². The molecule has 1 aliphatic carbocycles. The van der Waals surface area contributed by atoms with Crippen molar-refractivity contribution in [1.82, 2.24) is 10.3 Å². The monoisotopic (exact) mass is 316 g/mol. The number of aryl methyl sites for hydroxylation is 3. The second-order valence-electron chi connectivity index (χ2n) is 6.05. The summed E-state index contributed by atoms with van der Waals surface area (Å²) in [6.07, 6.45) is 3.97. The first-order valence-electron chi connectivity index (χ1n) is 8.14. The molecular formula is C18H24N2OS. The van der Waals surface area contributed by atoms with Crippen LogP contribution in [0.5, 0.6) is 0 Å². The van der Waals surface area contributed by atoms with Crippen molar-refractivity contribution in [2.24, 2.45) is 0 Å². The Bertz CT molecular complexity index is 621. The van der Waals surface area contributed by atoms with Gasteiger partial charge in [0.05, 0.1) is 16.8 Å². The molecule has 0 spiro atoms. The first kappa shape index (κ1) is 15.7. The van der Waals surface area contributed by atoms with Crippen molar-refractivity contribution in [2.45, 2.75) is 51.7 Å². The molecule has 0 saturated heterocycles. The zero-order valence-electron chi connectivity index (χ0n) is 13.3. The van der Waals surface area contributed by atoms with Crippen molar-refractivity contribution in [3.8, 4) is 0 Å². The van der Waals surface area contributed by atoms with E-state index in [1.807, 2.05) is 35.6 Å². The molecule has 118 valence electrons. The lowest BCUT2D eigenvalue weighted by Crippen LogP contribution is -2.28. The maximum atomic E-state index is 10.4. The van der Waals surface area contributed by atoms with Crippen LogP contribution < -0.4 is 5.32 Å². The number of benzene rings is 1. The van der Waals surface area contributed by atoms with Crippen LogP contribution in [-0.2, 0) is 12.8 Å². The Balaban J connectivity index is 1.64. The fourth-order valence-corrected chi connectivity index (χ4v) is 4.14. The van der Waals surface area contributed by atoms with Gasteiger partial charge in [0.2, 0.25) is 0 Å². The molecule has 1 aromatic carbocycles. The van der Waals surface area contributed by atoms with E-state index < -0.39 is 6.10 Å². The Morgan fingerprint density at radius 3 is 2.86 bits per heavy atom. The lowest BCUT2D eigenvalue weighted by molar-refractivity contribution is 0.168. The Morgan fingerprint density at radius 1 is 1.36 bits per heavy atom. The van der Waals surface area contributed by atoms with Crippen LogP contribution in [-0.4, -0.2) is 16.6 Å². The van der Waals surface area contributed by atoms with Crippen molar-refractivity contribution < 1.29 is 5.11 Å². The molecule has 1 heterocycles. The summed E-state index contributed by atoms with van der Waals surface area (Å²) in [5, 5.41) is 15.1. The van der Waals surface area contributed by atoms with E-state index in [0.717, 1.165) is 24.8 Å². The number of nitrogens with zero attached hydrogens (tertiary/aromatic N) is 1. The highest BCUT2D eigenvalue weighted by atomic mass is 32.1. The van der Waals surface area contributed by atoms with E-state index in [1.54, 1.807) is 0 Å². The van der Waals surface area contributed by atoms with E-state index in [-0.39, 0.29) is 0 Å². The number of aliphatic hydroxyl groups is 1. The molecule has 1 aliphatic rings. The SMILES string of the molecule is CCc1nc2c(s1)C(NCC(O)c1ccc(C)cc1)CCC2. The lowest BCUT2D eigenvalue weighted by atomic mass is 9.97. The van der Waals surface area contributed by atoms with Gasteiger partial charge in [0.1, 0.15) is 0 Å². The first-order chi connectivity index (χ1) is 10.7. The van der Waals surface area contributed by atoms with E-state index in [9.17, 15) is 5.11 Å². The predicted molar refractivity (Wildman–Crippen MR) is 91.3 cm³/mol. The molecule has 0 fully saturated rings. The van der Waals surface area contributed by atoms with E-state index >= 15 is 0 Å². The number of aromatic nitrogens is 1. The maximum Gasteiger partial charge on any atom is 0.0928 e. The normalized spacial score (nSPS) is 19.0. The molecule has 2 N–H and O–H groups in total. The van der Waals surface area contributed by atoms with E-state index in [1.165, 1.54) is 27.6 Å². The van der Waals surface area contributed by atoms with Crippen molar-refractivity contribution in [2.75, 3.05) is 6.54 Å². The zero-order chi connectivity index (χ0) is 15.5. The molecule has 3 nitrogen and oxygen atoms in total. The highest BCUT2D eigenvalue weighted by Gasteiger charge is 2.24. The van der Waals surface area contributed by atoms with Gasteiger partial charge in [-0.25, -0.2) is 4.98 Å². The fraction of sp³-hybridized carbons (Fsp3) is 0.500. The van der Waals surface area contributed by atoms with Crippen LogP contribution in [0, 0.1) is 6.92 Å². The van der Waals surface area contributed by atoms with Crippen LogP contribution in [0.3, 0.4) is 0 Å². The van der Waals surface area contributed by atoms with Crippen molar-refractivity contribution in [3.63, 3.8) is 0 Å². The fourth-order valence-electron chi connectivity index (χ4n) is 2.98. The number of rotatable bonds is 5. The van der Waals surface area contributed by atoms with Gasteiger partial charge in [-0.1, -0.05) is 36.8 Å². The molecular weight excluding hydrogens is 292 g/mol. The van der Waals surface area contributed by atoms with Crippen molar-refractivity contribution in [3.05, 3.63) is 51.0 Å². The largest absolute Gasteiger partial charge is 0.387 e. The lowest BCUT2D eigenvalue weighted by Gasteiger charge is -2.24. The number of fused-ring (bicyclic) bond motifs is 1. The minimum Gasteiger partial charge on any atom is -0.387 e. The van der Waals surface area contributed by atoms with Crippen LogP contribution in [0.2, 0.25) is 0 Å². The van der Waals surface area contributed by atoms with Gasteiger partial charge in [0.25, 0.3) is 0 Å². The minimum atomic E-state index is -0.454. The zero-order valence-corrected chi connectivity index (χ0v) is 14.1. The maximum absolute atomic E-state index is 10.4. The van der Waals surface area contributed by atoms with Gasteiger partial charge in [0.15, 0.2) is 0 Å². The molecule has 0 radical (unpaired) electrons. The van der Waals surface area contributed by atoms with E-state index in [2.05, 4.69) is 19.2 Å². The minimum absolute atomic E-state index is 0.349. The molecule has 0 aliphatic heterocycles. The quantitative estimate of drug-likeness (QED) is 0.884. The molecule has 2 atom stereocenters. The third-order valence-corrected chi connectivity index (χ3v) is 5.67. The number of hydrogen-bond acceptors (Lipinski definition) is 4. The highest BCUT2D eigenvalue weighted by molar-refractivity contribution is 7.11. The third-order valence-electron chi connectivity index (χ3n) is 4.32. The summed E-state index contributed by atoms with van der Waals surface area (Å²) in [6.45, 7) is 4.81. The van der Waals surface area contributed by atoms with Gasteiger partial charge < -0.3 is 10.4 Å². The molecule has 2 aromatic rings. The molecule has 2 unspecified atom stereocenters. The number of hydrogen-bond donors (Lipinski definition) is 2. The molecule has 0 amide bonds. The van der Waals surface area contributed by atoms with Crippen LogP contribution in [0.4, 0.5) is 0 Å². The van der Waals surface area contributed by atoms with Gasteiger partial charge in [-0.3, -0.25) is 0 Å². The third kappa shape index (κ3) is 3.40. The van der Waals surface area contributed by atoms with Crippen molar-refractivity contribution >= 4 is 11.3 Å². The summed E-state index contributed by atoms with van der Waals surface area (Å²) >= 11 is 1.84. The van der Waals surface area contributed by atoms with Gasteiger partial charge in [-0.2, -0.15) is 0 Å². The van der Waals surface area contributed by atoms with Gasteiger partial charge in [-0.15, -0.1) is 11.3 Å². The predicted octanol–water partition coefficient (Wildman–Crippen LogP) is 3.71. The molecule has 1 aromatic heterocycles. The van der Waals surface area contributed by atoms with Crippen LogP contribution in [0.1, 0.15) is 58.6 Å². The molecule has 22 heavy (non-hydrogen) atoms. The molecule has 0 saturated carbocycles. The molecule has 4 heteroatoms. The average molecular weight is 316 g/mol. The topological polar surface area (TPSA) is 45.2 Å². The Kier molecular flexibility index (Phi) is 4.91. The Labute approximate surface area is 136 Å². The number of thiazole rings is 1. The summed E-state index contributed by atoms with van der Waals surface area (Å²) in [5.74, 6) is 0. The number of nitrogens with one attached hydrogen (secondary N) is 1. The van der Waals surface area contributed by atoms with Gasteiger partial charge >= 0.3 is 0 Å². The van der Waals surface area contributed by atoms with Crippen LogP contribution in [0.15, 0.2) is 24.3 Å². The van der Waals surface area contributed by atoms with Gasteiger partial charge in [-0.05, 0) is 38.2 Å². The van der Waals surface area contributed by atoms with Gasteiger partial charge in [0, 0.05) is 17.5 Å². The summed E-state index contributed by atoms with van der Waals surface area (Å²) in [7, 11) is 0. The second kappa shape index (κ2) is 6.90. The standard InChI is InChI=1S/C18H24N2OS/c1-3-17-20-15-6-4-5-14(18(15)22-17)19-11-16(21)13-9-7-12(2)8-10-13/h7-10,14,16,19,21H,3-6,11H2,1-2H3. The van der Waals surface area contributed by atoms with E-state index in [4.69, 9.17) is 4.98 Å². The Hall–Kier alpha value is -1.23. The summed E-state index contributed by atoms with van der Waals surface area (Å²) in [4.78, 5) is 6.12. The van der Waals surface area contributed by atoms with Crippen molar-refractivity contribution in [1.29, 1.82) is 0 Å². The smallest absolute Gasteiger partial charge is 0.0928 e. The second-order valence-corrected chi connectivity index (χ2v) is 7.17. The summed E-state index contributed by atoms with van der Waals surface area (Å²) in [6, 6.07) is 8.47. The van der Waals surface area contributed by atoms with Crippen LogP contribution >= 0.6 is 11.3 Å². The summed E-state index contributed by atoms with van der Waals surface area (Å²) < 4.78 is 0. The first-order valence-corrected chi connectivity index (χ1v) is 8.95. The Morgan fingerprint density at radius 2 is 2.14 bits per heavy atom. The summed E-state index contributed by atoms with van der Waals surface area (Å²) in [5.41, 5.74) is 3.47. The molecule has 0 bridgehead atoms. The van der Waals surface area contributed by atoms with Crippen LogP contribution in [0.25, 0.3) is 0 Å². The number of aliphatic hydroxyl groups excluding tert-OH is 1. The molecule has 3 rings (SSSR count).